The Labute approximate surface area is 205 Å². The number of carbonyl (C=O) groups excluding carboxylic acids is 1. The Balaban J connectivity index is 1.79. The Bertz CT molecular complexity index is 1100. The lowest BCUT2D eigenvalue weighted by Gasteiger charge is -2.39. The lowest BCUT2D eigenvalue weighted by atomic mass is 9.82. The van der Waals surface area contributed by atoms with E-state index >= 15 is 0 Å². The second kappa shape index (κ2) is 9.69. The number of ether oxygens (including phenoxy) is 1. The highest BCUT2D eigenvalue weighted by atomic mass is 16.5. The van der Waals surface area contributed by atoms with Crippen LogP contribution in [0.4, 0.5) is 21.1 Å². The molecule has 0 saturated carbocycles. The molecule has 0 spiro atoms. The van der Waals surface area contributed by atoms with Crippen molar-refractivity contribution in [3.63, 3.8) is 0 Å². The number of amides is 3. The number of urea groups is 1. The maximum Gasteiger partial charge on any atom is 0.408 e. The van der Waals surface area contributed by atoms with Crippen molar-refractivity contribution in [1.29, 1.82) is 0 Å². The predicted octanol–water partition coefficient (Wildman–Crippen LogP) is 4.09. The van der Waals surface area contributed by atoms with Gasteiger partial charge in [0, 0.05) is 29.9 Å². The third-order valence-corrected chi connectivity index (χ3v) is 6.35. The number of hydrogen-bond acceptors (Lipinski definition) is 6. The highest BCUT2D eigenvalue weighted by Gasteiger charge is 2.45. The molecule has 2 aliphatic heterocycles. The van der Waals surface area contributed by atoms with Crippen molar-refractivity contribution in [1.82, 2.24) is 20.2 Å². The first-order valence-electron chi connectivity index (χ1n) is 12.0. The van der Waals surface area contributed by atoms with Crippen LogP contribution in [0, 0.1) is 5.41 Å². The van der Waals surface area contributed by atoms with Gasteiger partial charge in [0.25, 0.3) is 0 Å². The molecule has 3 amide bonds. The number of anilines is 2. The minimum atomic E-state index is -0.966. The minimum Gasteiger partial charge on any atom is -0.465 e. The van der Waals surface area contributed by atoms with E-state index in [1.807, 2.05) is 39.8 Å². The zero-order chi connectivity index (χ0) is 25.3. The average molecular weight is 483 g/mol. The summed E-state index contributed by atoms with van der Waals surface area (Å²) in [6.45, 7) is 12.7. The molecule has 2 aromatic rings. The van der Waals surface area contributed by atoms with Gasteiger partial charge in [0.15, 0.2) is 5.82 Å². The number of benzene rings is 1. The fourth-order valence-corrected chi connectivity index (χ4v) is 4.82. The van der Waals surface area contributed by atoms with Gasteiger partial charge in [-0.3, -0.25) is 4.90 Å². The summed E-state index contributed by atoms with van der Waals surface area (Å²) in [5.74, 6) is 1.30. The van der Waals surface area contributed by atoms with Crippen LogP contribution in [0.5, 0.6) is 0 Å². The quantitative estimate of drug-likeness (QED) is 0.600. The monoisotopic (exact) mass is 482 g/mol. The molecule has 3 heterocycles. The zero-order valence-corrected chi connectivity index (χ0v) is 21.0. The van der Waals surface area contributed by atoms with Gasteiger partial charge >= 0.3 is 12.1 Å². The van der Waals surface area contributed by atoms with Crippen molar-refractivity contribution in [3.8, 4) is 11.4 Å². The number of fused-ring (bicyclic) bond motifs is 1. The van der Waals surface area contributed by atoms with Gasteiger partial charge in [0.05, 0.1) is 37.5 Å². The van der Waals surface area contributed by atoms with Gasteiger partial charge in [0.1, 0.15) is 5.82 Å². The van der Waals surface area contributed by atoms with E-state index in [1.165, 1.54) is 4.90 Å². The number of hydrogen-bond donors (Lipinski definition) is 3. The first kappa shape index (κ1) is 24.7. The largest absolute Gasteiger partial charge is 0.465 e. The summed E-state index contributed by atoms with van der Waals surface area (Å²) >= 11 is 0. The van der Waals surface area contributed by atoms with E-state index in [4.69, 9.17) is 14.7 Å². The minimum absolute atomic E-state index is 0.0961. The molecule has 3 N–H and O–H groups in total. The van der Waals surface area contributed by atoms with Gasteiger partial charge < -0.3 is 25.4 Å². The van der Waals surface area contributed by atoms with E-state index in [0.717, 1.165) is 22.6 Å². The molecular formula is C25H34N6O4. The highest BCUT2D eigenvalue weighted by molar-refractivity contribution is 5.89. The zero-order valence-electron chi connectivity index (χ0n) is 21.0. The van der Waals surface area contributed by atoms with Crippen molar-refractivity contribution in [2.24, 2.45) is 5.41 Å². The molecule has 0 aliphatic carbocycles. The maximum absolute atomic E-state index is 12.2. The van der Waals surface area contributed by atoms with Gasteiger partial charge in [-0.25, -0.2) is 19.6 Å². The van der Waals surface area contributed by atoms with Gasteiger partial charge in [-0.2, -0.15) is 0 Å². The Kier molecular flexibility index (Phi) is 6.84. The number of morpholine rings is 1. The van der Waals surface area contributed by atoms with E-state index in [0.29, 0.717) is 37.8 Å². The standard InChI is InChI=1S/C25H34N6O4/c1-6-26-23(32)27-17-9-7-16(8-10-17)21-28-18-13-31(24(33)34)20(25(3,4)5)19(18)22(29-21)30-11-12-35-14-15(30)2/h7-10,15,20H,6,11-14H2,1-5H3,(H,33,34)(H2,26,27,32)/t15?,20-/m1/s1. The fourth-order valence-electron chi connectivity index (χ4n) is 4.82. The van der Waals surface area contributed by atoms with Crippen LogP contribution in [-0.2, 0) is 11.3 Å². The van der Waals surface area contributed by atoms with E-state index in [-0.39, 0.29) is 30.1 Å². The number of aromatic nitrogens is 2. The Morgan fingerprint density at radius 3 is 2.51 bits per heavy atom. The fraction of sp³-hybridized carbons (Fsp3) is 0.520. The second-order valence-electron chi connectivity index (χ2n) is 10.1. The summed E-state index contributed by atoms with van der Waals surface area (Å²) < 4.78 is 5.65. The third kappa shape index (κ3) is 5.02. The summed E-state index contributed by atoms with van der Waals surface area (Å²) in [7, 11) is 0. The Morgan fingerprint density at radius 2 is 1.91 bits per heavy atom. The van der Waals surface area contributed by atoms with Crippen molar-refractivity contribution >= 4 is 23.6 Å². The normalized spacial score (nSPS) is 19.9. The van der Waals surface area contributed by atoms with Crippen molar-refractivity contribution in [3.05, 3.63) is 35.5 Å². The third-order valence-electron chi connectivity index (χ3n) is 6.35. The summed E-state index contributed by atoms with van der Waals surface area (Å²) in [5, 5.41) is 15.5. The molecule has 0 bridgehead atoms. The Morgan fingerprint density at radius 1 is 1.20 bits per heavy atom. The SMILES string of the molecule is CCNC(=O)Nc1ccc(-c2nc3c(c(N4CCOCC4C)n2)[C@H](C(C)(C)C)N(C(=O)O)C3)cc1. The van der Waals surface area contributed by atoms with E-state index in [1.54, 1.807) is 12.1 Å². The average Bonchev–Trinajstić information content (AvgIpc) is 3.20. The molecule has 1 aromatic carbocycles. The molecule has 0 radical (unpaired) electrons. The van der Waals surface area contributed by atoms with Crippen LogP contribution in [-0.4, -0.2) is 64.4 Å². The summed E-state index contributed by atoms with van der Waals surface area (Å²) in [4.78, 5) is 37.6. The van der Waals surface area contributed by atoms with E-state index < -0.39 is 6.09 Å². The number of carboxylic acid groups (broad SMARTS) is 1. The summed E-state index contributed by atoms with van der Waals surface area (Å²) in [6, 6.07) is 6.80. The van der Waals surface area contributed by atoms with Crippen molar-refractivity contribution < 1.29 is 19.4 Å². The molecule has 188 valence electrons. The number of rotatable bonds is 4. The lowest BCUT2D eigenvalue weighted by Crippen LogP contribution is -2.45. The van der Waals surface area contributed by atoms with Crippen LogP contribution in [0.3, 0.4) is 0 Å². The van der Waals surface area contributed by atoms with Crippen LogP contribution in [0.2, 0.25) is 0 Å². The van der Waals surface area contributed by atoms with Crippen LogP contribution in [0.1, 0.15) is 51.9 Å². The number of nitrogens with zero attached hydrogens (tertiary/aromatic N) is 4. The van der Waals surface area contributed by atoms with Crippen LogP contribution in [0.15, 0.2) is 24.3 Å². The Hall–Kier alpha value is -3.40. The summed E-state index contributed by atoms with van der Waals surface area (Å²) in [6.07, 6.45) is -0.966. The van der Waals surface area contributed by atoms with Crippen LogP contribution < -0.4 is 15.5 Å². The molecule has 10 nitrogen and oxygen atoms in total. The van der Waals surface area contributed by atoms with E-state index in [9.17, 15) is 14.7 Å². The topological polar surface area (TPSA) is 120 Å². The molecule has 2 atom stereocenters. The highest BCUT2D eigenvalue weighted by Crippen LogP contribution is 2.48. The molecule has 1 aromatic heterocycles. The van der Waals surface area contributed by atoms with Crippen LogP contribution >= 0.6 is 0 Å². The van der Waals surface area contributed by atoms with Gasteiger partial charge in [-0.15, -0.1) is 0 Å². The van der Waals surface area contributed by atoms with Gasteiger partial charge in [-0.1, -0.05) is 20.8 Å². The molecular weight excluding hydrogens is 448 g/mol. The van der Waals surface area contributed by atoms with Gasteiger partial charge in [-0.05, 0) is 43.5 Å². The number of carbonyl (C=O) groups is 2. The first-order chi connectivity index (χ1) is 16.6. The first-order valence-corrected chi connectivity index (χ1v) is 12.0. The number of nitrogens with one attached hydrogen (secondary N) is 2. The van der Waals surface area contributed by atoms with E-state index in [2.05, 4.69) is 22.5 Å². The van der Waals surface area contributed by atoms with Crippen molar-refractivity contribution in [2.75, 3.05) is 36.5 Å². The van der Waals surface area contributed by atoms with Crippen molar-refractivity contribution in [2.45, 2.75) is 53.2 Å². The molecule has 1 unspecified atom stereocenters. The van der Waals surface area contributed by atoms with Crippen LogP contribution in [0.25, 0.3) is 11.4 Å². The molecule has 1 fully saturated rings. The molecule has 4 rings (SSSR count). The maximum atomic E-state index is 12.2. The second-order valence-corrected chi connectivity index (χ2v) is 10.1. The molecule has 1 saturated heterocycles. The van der Waals surface area contributed by atoms with Gasteiger partial charge in [0.2, 0.25) is 0 Å². The molecule has 2 aliphatic rings. The predicted molar refractivity (Wildman–Crippen MR) is 134 cm³/mol. The lowest BCUT2D eigenvalue weighted by molar-refractivity contribution is 0.0882. The smallest absolute Gasteiger partial charge is 0.408 e. The molecule has 35 heavy (non-hydrogen) atoms. The summed E-state index contributed by atoms with van der Waals surface area (Å²) in [5.41, 5.74) is 2.72. The molecule has 10 heteroatoms.